The topological polar surface area (TPSA) is 125 Å². The van der Waals surface area contributed by atoms with E-state index < -0.39 is 39.7 Å². The second-order valence-corrected chi connectivity index (χ2v) is 10.3. The number of hydrogen-bond acceptors (Lipinski definition) is 6. The fourth-order valence-corrected chi connectivity index (χ4v) is 5.38. The van der Waals surface area contributed by atoms with Gasteiger partial charge in [-0.2, -0.15) is 18.4 Å². The van der Waals surface area contributed by atoms with Crippen LogP contribution in [-0.2, 0) is 14.6 Å². The molecule has 1 aliphatic carbocycles. The van der Waals surface area contributed by atoms with Crippen LogP contribution in [-0.4, -0.2) is 55.6 Å². The van der Waals surface area contributed by atoms with Gasteiger partial charge in [-0.1, -0.05) is 6.07 Å². The van der Waals surface area contributed by atoms with Crippen LogP contribution in [0, 0.1) is 11.3 Å². The number of urea groups is 1. The summed E-state index contributed by atoms with van der Waals surface area (Å²) in [6.07, 6.45) is -1.36. The number of halogens is 3. The van der Waals surface area contributed by atoms with E-state index in [1.807, 2.05) is 6.07 Å². The van der Waals surface area contributed by atoms with E-state index in [1.165, 1.54) is 32.2 Å². The average Bonchev–Trinajstić information content (AvgIpc) is 3.13. The Hall–Kier alpha value is -3.59. The zero-order valence-corrected chi connectivity index (χ0v) is 19.9. The number of sulfone groups is 1. The summed E-state index contributed by atoms with van der Waals surface area (Å²) in [7, 11) is -2.51. The van der Waals surface area contributed by atoms with Crippen molar-refractivity contribution in [2.75, 3.05) is 13.3 Å². The van der Waals surface area contributed by atoms with Crippen LogP contribution in [0.4, 0.5) is 18.0 Å². The Morgan fingerprint density at radius 3 is 2.49 bits per heavy atom. The van der Waals surface area contributed by atoms with Crippen LogP contribution in [0.5, 0.6) is 0 Å². The molecule has 0 spiro atoms. The van der Waals surface area contributed by atoms with Gasteiger partial charge in [-0.05, 0) is 49.4 Å². The highest BCUT2D eigenvalue weighted by Gasteiger charge is 2.46. The molecule has 1 heterocycles. The highest BCUT2D eigenvalue weighted by molar-refractivity contribution is 7.90. The number of carbonyl (C=O) groups is 2. The molecule has 1 aromatic rings. The Morgan fingerprint density at radius 1 is 1.29 bits per heavy atom. The lowest BCUT2D eigenvalue weighted by Gasteiger charge is -2.42. The predicted molar refractivity (Wildman–Crippen MR) is 120 cm³/mol. The Morgan fingerprint density at radius 2 is 1.94 bits per heavy atom. The van der Waals surface area contributed by atoms with E-state index in [0.29, 0.717) is 6.08 Å². The number of hydrogen-bond donors (Lipinski definition) is 1. The van der Waals surface area contributed by atoms with Crippen molar-refractivity contribution in [3.05, 3.63) is 64.5 Å². The van der Waals surface area contributed by atoms with Crippen LogP contribution >= 0.6 is 0 Å². The molecular weight excluding hydrogens is 485 g/mol. The number of allylic oxidation sites excluding steroid dienone is 3. The molecule has 8 nitrogen and oxygen atoms in total. The number of benzene rings is 1. The van der Waals surface area contributed by atoms with Crippen molar-refractivity contribution in [1.29, 1.82) is 5.26 Å². The minimum atomic E-state index is -4.72. The third kappa shape index (κ3) is 4.81. The molecule has 186 valence electrons. The summed E-state index contributed by atoms with van der Waals surface area (Å²) >= 11 is 0. The highest BCUT2D eigenvalue weighted by atomic mass is 32.2. The number of Topliss-reactive ketones (excluding diaryl/α,β-unsaturated/α-hetero) is 1. The largest absolute Gasteiger partial charge is 0.416 e. The number of rotatable bonds is 5. The molecule has 2 N–H and O–H groups in total. The summed E-state index contributed by atoms with van der Waals surface area (Å²) in [5.74, 6) is -0.341. The Balaban J connectivity index is 2.23. The van der Waals surface area contributed by atoms with Crippen molar-refractivity contribution in [2.45, 2.75) is 42.9 Å². The van der Waals surface area contributed by atoms with Gasteiger partial charge in [-0.3, -0.25) is 9.69 Å². The molecule has 0 aromatic heterocycles. The van der Waals surface area contributed by atoms with E-state index in [1.54, 1.807) is 0 Å². The summed E-state index contributed by atoms with van der Waals surface area (Å²) in [5, 5.41) is 9.20. The number of nitrogens with two attached hydrogens (primary N) is 1. The van der Waals surface area contributed by atoms with Gasteiger partial charge in [0, 0.05) is 31.0 Å². The molecule has 3 rings (SSSR count). The van der Waals surface area contributed by atoms with Crippen LogP contribution in [0.3, 0.4) is 0 Å². The lowest BCUT2D eigenvalue weighted by molar-refractivity contribution is -0.115. The summed E-state index contributed by atoms with van der Waals surface area (Å²) < 4.78 is 65.3. The Labute approximate surface area is 200 Å². The second-order valence-electron chi connectivity index (χ2n) is 8.31. The fraction of sp³-hybridized carbons (Fsp3) is 0.348. The summed E-state index contributed by atoms with van der Waals surface area (Å²) in [6.45, 7) is 1.39. The molecule has 0 bridgehead atoms. The van der Waals surface area contributed by atoms with Crippen LogP contribution in [0.15, 0.2) is 58.3 Å². The molecule has 35 heavy (non-hydrogen) atoms. The van der Waals surface area contributed by atoms with Gasteiger partial charge in [-0.25, -0.2) is 13.2 Å². The summed E-state index contributed by atoms with van der Waals surface area (Å²) in [4.78, 5) is 28.4. The van der Waals surface area contributed by atoms with E-state index in [9.17, 15) is 36.4 Å². The molecule has 1 aliphatic heterocycles. The van der Waals surface area contributed by atoms with Crippen molar-refractivity contribution in [3.63, 3.8) is 0 Å². The average molecular weight is 509 g/mol. The highest BCUT2D eigenvalue weighted by Crippen LogP contribution is 2.45. The number of alkyl halides is 3. The van der Waals surface area contributed by atoms with Crippen LogP contribution < -0.4 is 5.73 Å². The van der Waals surface area contributed by atoms with E-state index in [4.69, 9.17) is 5.73 Å². The van der Waals surface area contributed by atoms with E-state index in [-0.39, 0.29) is 45.9 Å². The van der Waals surface area contributed by atoms with Gasteiger partial charge >= 0.3 is 12.2 Å². The van der Waals surface area contributed by atoms with E-state index >= 15 is 0 Å². The molecular formula is C23H23F3N4O4S. The predicted octanol–water partition coefficient (Wildman–Crippen LogP) is 3.34. The maximum atomic E-state index is 13.4. The first-order chi connectivity index (χ1) is 16.2. The number of carbonyl (C=O) groups excluding carboxylic acids is 2. The quantitative estimate of drug-likeness (QED) is 0.609. The third-order valence-corrected chi connectivity index (χ3v) is 7.08. The molecule has 0 saturated carbocycles. The number of ketones is 1. The zero-order valence-electron chi connectivity index (χ0n) is 19.1. The van der Waals surface area contributed by atoms with Crippen LogP contribution in [0.1, 0.15) is 36.9 Å². The minimum absolute atomic E-state index is 0.0224. The number of nitriles is 1. The third-order valence-electron chi connectivity index (χ3n) is 5.93. The van der Waals surface area contributed by atoms with Gasteiger partial charge < -0.3 is 10.6 Å². The molecule has 0 radical (unpaired) electrons. The van der Waals surface area contributed by atoms with Crippen molar-refractivity contribution < 1.29 is 31.2 Å². The van der Waals surface area contributed by atoms with Gasteiger partial charge in [0.1, 0.15) is 0 Å². The van der Waals surface area contributed by atoms with Crippen LogP contribution in [0.2, 0.25) is 0 Å². The Bertz CT molecular complexity index is 1320. The van der Waals surface area contributed by atoms with Gasteiger partial charge in [0.2, 0.25) is 0 Å². The van der Waals surface area contributed by atoms with Gasteiger partial charge in [0.05, 0.1) is 34.2 Å². The minimum Gasteiger partial charge on any atom is -0.405 e. The van der Waals surface area contributed by atoms with Gasteiger partial charge in [0.15, 0.2) is 15.6 Å². The lowest BCUT2D eigenvalue weighted by Crippen LogP contribution is -2.50. The van der Waals surface area contributed by atoms with Crippen molar-refractivity contribution >= 4 is 21.7 Å². The number of amides is 2. The standard InChI is InChI=1S/C23H23F3N4O4S/c1-13(10-15(8-9-27)23(24,25)26)30-17-6-7-18(31)20(17)21(29(2)22(30)32)16-5-4-14(12-28)11-19(16)35(3,33)34/h4-5,8-11,13,21H,6-7,27H2,1-3H3/b9-8-,15-10+. The molecule has 0 fully saturated rings. The van der Waals surface area contributed by atoms with Crippen molar-refractivity contribution in [2.24, 2.45) is 5.73 Å². The molecule has 0 saturated heterocycles. The zero-order chi connectivity index (χ0) is 26.3. The molecule has 2 aliphatic rings. The molecule has 1 aromatic carbocycles. The van der Waals surface area contributed by atoms with Crippen LogP contribution in [0.25, 0.3) is 0 Å². The number of nitrogens with zero attached hydrogens (tertiary/aromatic N) is 3. The van der Waals surface area contributed by atoms with Crippen molar-refractivity contribution in [3.8, 4) is 6.07 Å². The fourth-order valence-electron chi connectivity index (χ4n) is 4.43. The maximum Gasteiger partial charge on any atom is 0.416 e. The first kappa shape index (κ1) is 26.0. The Kier molecular flexibility index (Phi) is 6.86. The first-order valence-corrected chi connectivity index (χ1v) is 12.3. The molecule has 12 heteroatoms. The van der Waals surface area contributed by atoms with E-state index in [2.05, 4.69) is 0 Å². The summed E-state index contributed by atoms with van der Waals surface area (Å²) in [5.41, 5.74) is 4.70. The SMILES string of the molecule is CC(/C=C(\C=C/N)C(F)(F)F)N1C(=O)N(C)C(c2ccc(C#N)cc2S(C)(=O)=O)C2=C1CCC2=O. The molecule has 2 amide bonds. The monoisotopic (exact) mass is 508 g/mol. The van der Waals surface area contributed by atoms with Crippen molar-refractivity contribution in [1.82, 2.24) is 9.80 Å². The van der Waals surface area contributed by atoms with Gasteiger partial charge in [0.25, 0.3) is 0 Å². The summed E-state index contributed by atoms with van der Waals surface area (Å²) in [6, 6.07) is 2.93. The second kappa shape index (κ2) is 9.22. The molecule has 2 atom stereocenters. The smallest absolute Gasteiger partial charge is 0.405 e. The first-order valence-electron chi connectivity index (χ1n) is 10.5. The lowest BCUT2D eigenvalue weighted by atomic mass is 9.92. The maximum absolute atomic E-state index is 13.4. The normalized spacial score (nSPS) is 20.5. The molecule has 2 unspecified atom stereocenters. The van der Waals surface area contributed by atoms with Gasteiger partial charge in [-0.15, -0.1) is 0 Å². The van der Waals surface area contributed by atoms with E-state index in [0.717, 1.165) is 28.3 Å². The number of likely N-dealkylation sites (N-methyl/N-ethyl adjacent to an activating group) is 1.